The number of halogens is 2. The van der Waals surface area contributed by atoms with Gasteiger partial charge in [0.05, 0.1) is 10.4 Å². The fourth-order valence-electron chi connectivity index (χ4n) is 1.20. The van der Waals surface area contributed by atoms with Crippen LogP contribution in [-0.4, -0.2) is 22.7 Å². The zero-order chi connectivity index (χ0) is 14.6. The SMILES string of the molecule is C[C@H](Br)C(=O)Nc1ccc(Br)c(C(=O)NC(N)=O)c1. The molecule has 6 nitrogen and oxygen atoms in total. The first-order chi connectivity index (χ1) is 8.81. The summed E-state index contributed by atoms with van der Waals surface area (Å²) in [7, 11) is 0. The van der Waals surface area contributed by atoms with Crippen molar-refractivity contribution < 1.29 is 14.4 Å². The van der Waals surface area contributed by atoms with E-state index in [0.717, 1.165) is 0 Å². The number of carbonyl (C=O) groups excluding carboxylic acids is 3. The Morgan fingerprint density at radius 2 is 1.95 bits per heavy atom. The van der Waals surface area contributed by atoms with Crippen molar-refractivity contribution in [1.29, 1.82) is 0 Å². The topological polar surface area (TPSA) is 101 Å². The molecule has 0 spiro atoms. The molecule has 1 aromatic rings. The van der Waals surface area contributed by atoms with Crippen LogP contribution in [0.2, 0.25) is 0 Å². The number of benzene rings is 1. The van der Waals surface area contributed by atoms with Crippen LogP contribution in [0, 0.1) is 0 Å². The summed E-state index contributed by atoms with van der Waals surface area (Å²) in [6.07, 6.45) is 0. The summed E-state index contributed by atoms with van der Waals surface area (Å²) in [4.78, 5) is 33.5. The summed E-state index contributed by atoms with van der Waals surface area (Å²) < 4.78 is 0.483. The van der Waals surface area contributed by atoms with Gasteiger partial charge in [-0.1, -0.05) is 15.9 Å². The van der Waals surface area contributed by atoms with Gasteiger partial charge < -0.3 is 11.1 Å². The third-order valence-electron chi connectivity index (χ3n) is 2.08. The molecule has 8 heteroatoms. The molecular weight excluding hydrogens is 382 g/mol. The van der Waals surface area contributed by atoms with E-state index in [2.05, 4.69) is 37.2 Å². The highest BCUT2D eigenvalue weighted by molar-refractivity contribution is 9.10. The summed E-state index contributed by atoms with van der Waals surface area (Å²) in [6.45, 7) is 1.68. The number of carbonyl (C=O) groups is 3. The van der Waals surface area contributed by atoms with Crippen LogP contribution in [0.25, 0.3) is 0 Å². The van der Waals surface area contributed by atoms with Crippen LogP contribution >= 0.6 is 31.9 Å². The Labute approximate surface area is 126 Å². The predicted octanol–water partition coefficient (Wildman–Crippen LogP) is 1.98. The number of urea groups is 1. The molecule has 19 heavy (non-hydrogen) atoms. The van der Waals surface area contributed by atoms with Crippen LogP contribution in [0.15, 0.2) is 22.7 Å². The maximum atomic E-state index is 11.7. The smallest absolute Gasteiger partial charge is 0.319 e. The van der Waals surface area contributed by atoms with Gasteiger partial charge in [0.2, 0.25) is 5.91 Å². The Morgan fingerprint density at radius 1 is 1.32 bits per heavy atom. The maximum absolute atomic E-state index is 11.7. The molecule has 0 bridgehead atoms. The number of nitrogens with two attached hydrogens (primary N) is 1. The molecule has 0 aliphatic heterocycles. The van der Waals surface area contributed by atoms with Crippen LogP contribution < -0.4 is 16.4 Å². The normalized spacial score (nSPS) is 11.5. The fourth-order valence-corrected chi connectivity index (χ4v) is 1.74. The summed E-state index contributed by atoms with van der Waals surface area (Å²) in [5.74, 6) is -0.897. The lowest BCUT2D eigenvalue weighted by molar-refractivity contribution is -0.115. The number of rotatable bonds is 3. The van der Waals surface area contributed by atoms with E-state index in [-0.39, 0.29) is 16.3 Å². The van der Waals surface area contributed by atoms with Gasteiger partial charge in [-0.15, -0.1) is 0 Å². The third-order valence-corrected chi connectivity index (χ3v) is 3.18. The lowest BCUT2D eigenvalue weighted by atomic mass is 10.2. The zero-order valence-electron chi connectivity index (χ0n) is 9.87. The van der Waals surface area contributed by atoms with Crippen molar-refractivity contribution in [2.24, 2.45) is 5.73 Å². The lowest BCUT2D eigenvalue weighted by Crippen LogP contribution is -2.35. The second kappa shape index (κ2) is 6.67. The highest BCUT2D eigenvalue weighted by atomic mass is 79.9. The molecule has 0 fully saturated rings. The number of primary amides is 1. The highest BCUT2D eigenvalue weighted by Gasteiger charge is 2.14. The third kappa shape index (κ3) is 4.64. The molecule has 0 aliphatic rings. The first kappa shape index (κ1) is 15.6. The van der Waals surface area contributed by atoms with Gasteiger partial charge in [0.25, 0.3) is 5.91 Å². The number of hydrogen-bond acceptors (Lipinski definition) is 3. The van der Waals surface area contributed by atoms with Crippen molar-refractivity contribution in [2.75, 3.05) is 5.32 Å². The molecule has 4 amide bonds. The summed E-state index contributed by atoms with van der Waals surface area (Å²) in [5, 5.41) is 4.57. The summed E-state index contributed by atoms with van der Waals surface area (Å²) in [5.41, 5.74) is 5.51. The molecule has 0 aliphatic carbocycles. The van der Waals surface area contributed by atoms with E-state index in [1.54, 1.807) is 19.1 Å². The second-order valence-electron chi connectivity index (χ2n) is 3.62. The van der Waals surface area contributed by atoms with Gasteiger partial charge in [-0.25, -0.2) is 4.79 Å². The largest absolute Gasteiger partial charge is 0.351 e. The Kier molecular flexibility index (Phi) is 5.49. The molecule has 102 valence electrons. The van der Waals surface area contributed by atoms with E-state index < -0.39 is 11.9 Å². The van der Waals surface area contributed by atoms with Crippen molar-refractivity contribution in [1.82, 2.24) is 5.32 Å². The second-order valence-corrected chi connectivity index (χ2v) is 5.85. The molecule has 0 aromatic heterocycles. The number of alkyl halides is 1. The van der Waals surface area contributed by atoms with E-state index >= 15 is 0 Å². The molecule has 0 saturated heterocycles. The Hall–Kier alpha value is -1.41. The fraction of sp³-hybridized carbons (Fsp3) is 0.182. The lowest BCUT2D eigenvalue weighted by Gasteiger charge is -2.09. The molecule has 4 N–H and O–H groups in total. The predicted molar refractivity (Wildman–Crippen MR) is 78.2 cm³/mol. The Bertz CT molecular complexity index is 532. The highest BCUT2D eigenvalue weighted by Crippen LogP contribution is 2.21. The van der Waals surface area contributed by atoms with Crippen LogP contribution in [0.4, 0.5) is 10.5 Å². The van der Waals surface area contributed by atoms with Crippen LogP contribution in [0.5, 0.6) is 0 Å². The molecule has 0 radical (unpaired) electrons. The minimum Gasteiger partial charge on any atom is -0.351 e. The number of nitrogens with one attached hydrogen (secondary N) is 2. The molecular formula is C11H11Br2N3O3. The van der Waals surface area contributed by atoms with Gasteiger partial charge in [0.1, 0.15) is 0 Å². The van der Waals surface area contributed by atoms with E-state index in [9.17, 15) is 14.4 Å². The van der Waals surface area contributed by atoms with Crippen molar-refractivity contribution in [2.45, 2.75) is 11.8 Å². The standard InChI is InChI=1S/C11H11Br2N3O3/c1-5(12)9(17)15-6-2-3-8(13)7(4-6)10(18)16-11(14)19/h2-5H,1H3,(H,15,17)(H3,14,16,18,19)/t5-/m0/s1. The van der Waals surface area contributed by atoms with E-state index in [1.165, 1.54) is 6.07 Å². The van der Waals surface area contributed by atoms with E-state index in [0.29, 0.717) is 10.2 Å². The van der Waals surface area contributed by atoms with Crippen molar-refractivity contribution >= 4 is 55.4 Å². The van der Waals surface area contributed by atoms with E-state index in [1.807, 2.05) is 5.32 Å². The van der Waals surface area contributed by atoms with E-state index in [4.69, 9.17) is 5.73 Å². The quantitative estimate of drug-likeness (QED) is 0.685. The molecule has 0 saturated carbocycles. The van der Waals surface area contributed by atoms with Gasteiger partial charge in [0.15, 0.2) is 0 Å². The first-order valence-corrected chi connectivity index (χ1v) is 6.87. The molecule has 0 heterocycles. The minimum atomic E-state index is -0.944. The number of anilines is 1. The summed E-state index contributed by atoms with van der Waals surface area (Å²) >= 11 is 6.31. The molecule has 0 unspecified atom stereocenters. The van der Waals surface area contributed by atoms with Crippen molar-refractivity contribution in [3.05, 3.63) is 28.2 Å². The van der Waals surface area contributed by atoms with Crippen LogP contribution in [0.3, 0.4) is 0 Å². The van der Waals surface area contributed by atoms with Gasteiger partial charge in [-0.3, -0.25) is 14.9 Å². The van der Waals surface area contributed by atoms with Gasteiger partial charge in [0, 0.05) is 10.2 Å². The monoisotopic (exact) mass is 391 g/mol. The number of hydrogen-bond donors (Lipinski definition) is 3. The van der Waals surface area contributed by atoms with Crippen LogP contribution in [-0.2, 0) is 4.79 Å². The van der Waals surface area contributed by atoms with Gasteiger partial charge in [-0.2, -0.15) is 0 Å². The van der Waals surface area contributed by atoms with Crippen LogP contribution in [0.1, 0.15) is 17.3 Å². The zero-order valence-corrected chi connectivity index (χ0v) is 13.0. The minimum absolute atomic E-state index is 0.193. The average Bonchev–Trinajstić information content (AvgIpc) is 2.30. The van der Waals surface area contributed by atoms with Crippen molar-refractivity contribution in [3.63, 3.8) is 0 Å². The Morgan fingerprint density at radius 3 is 2.47 bits per heavy atom. The molecule has 1 aromatic carbocycles. The van der Waals surface area contributed by atoms with Gasteiger partial charge in [-0.05, 0) is 41.1 Å². The molecule has 1 rings (SSSR count). The van der Waals surface area contributed by atoms with Crippen molar-refractivity contribution in [3.8, 4) is 0 Å². The number of imide groups is 1. The number of amides is 4. The first-order valence-electron chi connectivity index (χ1n) is 5.16. The Balaban J connectivity index is 2.97. The van der Waals surface area contributed by atoms with Gasteiger partial charge >= 0.3 is 6.03 Å². The molecule has 1 atom stereocenters. The summed E-state index contributed by atoms with van der Waals surface area (Å²) in [6, 6.07) is 3.71. The average molecular weight is 393 g/mol. The maximum Gasteiger partial charge on any atom is 0.319 e.